The lowest BCUT2D eigenvalue weighted by molar-refractivity contribution is -0.108. The predicted octanol–water partition coefficient (Wildman–Crippen LogP) is 14.3. The van der Waals surface area contributed by atoms with Crippen LogP contribution in [0.2, 0.25) is 0 Å². The first-order valence-electron chi connectivity index (χ1n) is 22.9. The van der Waals surface area contributed by atoms with Crippen LogP contribution in [0.4, 0.5) is 0 Å². The van der Waals surface area contributed by atoms with E-state index in [4.69, 9.17) is 0 Å². The van der Waals surface area contributed by atoms with Gasteiger partial charge in [-0.2, -0.15) is 0 Å². The zero-order valence-corrected chi connectivity index (χ0v) is 33.8. The van der Waals surface area contributed by atoms with Gasteiger partial charge < -0.3 is 0 Å². The highest BCUT2D eigenvalue weighted by Gasteiger charge is 2.72. The summed E-state index contributed by atoms with van der Waals surface area (Å²) in [6.07, 6.45) is 31.0. The van der Waals surface area contributed by atoms with E-state index in [1.165, 1.54) is 32.1 Å². The van der Waals surface area contributed by atoms with E-state index in [0.717, 1.165) is 88.8 Å². The molecule has 0 radical (unpaired) electrons. The van der Waals surface area contributed by atoms with Crippen LogP contribution in [0.3, 0.4) is 0 Å². The molecule has 15 atom stereocenters. The molecule has 0 bridgehead atoms. The Kier molecular flexibility index (Phi) is 9.17. The molecular formula is C48H82. The Morgan fingerprint density at radius 3 is 1.44 bits per heavy atom. The van der Waals surface area contributed by atoms with Gasteiger partial charge in [0.1, 0.15) is 0 Å². The lowest BCUT2D eigenvalue weighted by Crippen LogP contribution is -2.52. The second-order valence-corrected chi connectivity index (χ2v) is 22.4. The summed E-state index contributed by atoms with van der Waals surface area (Å²) in [5.74, 6) is 15.5. The van der Waals surface area contributed by atoms with E-state index in [2.05, 4.69) is 62.3 Å². The van der Waals surface area contributed by atoms with Gasteiger partial charge in [-0.3, -0.25) is 0 Å². The quantitative estimate of drug-likeness (QED) is 0.266. The number of rotatable bonds is 6. The monoisotopic (exact) mass is 659 g/mol. The molecule has 8 aliphatic carbocycles. The van der Waals surface area contributed by atoms with E-state index < -0.39 is 0 Å². The van der Waals surface area contributed by atoms with Crippen molar-refractivity contribution in [3.8, 4) is 0 Å². The van der Waals surface area contributed by atoms with E-state index in [1.54, 1.807) is 96.3 Å². The van der Waals surface area contributed by atoms with Crippen LogP contribution in [-0.2, 0) is 0 Å². The van der Waals surface area contributed by atoms with Gasteiger partial charge in [0, 0.05) is 0 Å². The van der Waals surface area contributed by atoms with E-state index in [1.807, 2.05) is 0 Å². The molecule has 0 nitrogen and oxygen atoms in total. The van der Waals surface area contributed by atoms with Crippen LogP contribution < -0.4 is 0 Å². The van der Waals surface area contributed by atoms with Crippen molar-refractivity contribution in [1.29, 1.82) is 0 Å². The molecule has 0 aliphatic heterocycles. The van der Waals surface area contributed by atoms with Crippen molar-refractivity contribution in [2.75, 3.05) is 0 Å². The van der Waals surface area contributed by atoms with E-state index in [9.17, 15) is 0 Å². The Hall–Kier alpha value is 0. The first-order chi connectivity index (χ1) is 22.9. The second-order valence-electron chi connectivity index (χ2n) is 22.4. The molecule has 48 heavy (non-hydrogen) atoms. The molecule has 0 heterocycles. The number of hydrogen-bond acceptors (Lipinski definition) is 0. The summed E-state index contributed by atoms with van der Waals surface area (Å²) in [5.41, 5.74) is 2.22. The normalized spacial score (nSPS) is 51.3. The third-order valence-corrected chi connectivity index (χ3v) is 21.3. The standard InChI is InChI=1S/C48H82/c1-10-46(8,11-2)35-27-36(47(9,12-3)13-4)29-48(28-35)40-26-34-21-17-15-19-32(34)24-38(40)43-42-37-23-31-18-14-16-20-33(31)25-39(37)45(6,7)41(42)22-30(5)44(43)48/h30-44H,10-29H2,1-9H3. The van der Waals surface area contributed by atoms with Crippen LogP contribution in [0.15, 0.2) is 0 Å². The van der Waals surface area contributed by atoms with Crippen molar-refractivity contribution in [1.82, 2.24) is 0 Å². The minimum Gasteiger partial charge on any atom is -0.0649 e. The maximum Gasteiger partial charge on any atom is -0.0227 e. The summed E-state index contributed by atoms with van der Waals surface area (Å²) in [5, 5.41) is 0. The van der Waals surface area contributed by atoms with Gasteiger partial charge in [-0.1, -0.05) is 139 Å². The summed E-state index contributed by atoms with van der Waals surface area (Å²) in [4.78, 5) is 0. The van der Waals surface area contributed by atoms with Gasteiger partial charge in [-0.05, 0) is 162 Å². The van der Waals surface area contributed by atoms with E-state index in [0.29, 0.717) is 21.7 Å². The fraction of sp³-hybridized carbons (Fsp3) is 1.00. The highest BCUT2D eigenvalue weighted by molar-refractivity contribution is 5.21. The molecule has 0 aromatic heterocycles. The fourth-order valence-electron chi connectivity index (χ4n) is 18.0. The predicted molar refractivity (Wildman–Crippen MR) is 205 cm³/mol. The molecule has 0 aromatic carbocycles. The highest BCUT2D eigenvalue weighted by Crippen LogP contribution is 2.79. The van der Waals surface area contributed by atoms with Crippen molar-refractivity contribution in [3.63, 3.8) is 0 Å². The Bertz CT molecular complexity index is 1110. The van der Waals surface area contributed by atoms with Gasteiger partial charge in [0.25, 0.3) is 0 Å². The molecule has 0 heteroatoms. The summed E-state index contributed by atoms with van der Waals surface area (Å²) >= 11 is 0. The maximum absolute atomic E-state index is 2.87. The van der Waals surface area contributed by atoms with Crippen molar-refractivity contribution >= 4 is 0 Å². The molecule has 0 amide bonds. The summed E-state index contributed by atoms with van der Waals surface area (Å²) in [6, 6.07) is 0. The van der Waals surface area contributed by atoms with Crippen LogP contribution in [0.25, 0.3) is 0 Å². The van der Waals surface area contributed by atoms with Crippen LogP contribution in [0.5, 0.6) is 0 Å². The van der Waals surface area contributed by atoms with Crippen LogP contribution in [0, 0.1) is 110 Å². The van der Waals surface area contributed by atoms with Crippen molar-refractivity contribution in [3.05, 3.63) is 0 Å². The zero-order chi connectivity index (χ0) is 33.8. The van der Waals surface area contributed by atoms with Gasteiger partial charge in [0.2, 0.25) is 0 Å². The molecule has 0 saturated heterocycles. The average molecular weight is 659 g/mol. The smallest absolute Gasteiger partial charge is 0.0227 e. The SMILES string of the molecule is CCC(C)(CC)C1CC(C(C)(CC)CC)CC2(C1)C1CC3CCCCC3CC1C1C3C4CC5CCCCC5CC4C(C)(C)C3CC(C)C12. The first kappa shape index (κ1) is 35.1. The van der Waals surface area contributed by atoms with Crippen LogP contribution in [-0.4, -0.2) is 0 Å². The maximum atomic E-state index is 2.87. The third-order valence-electron chi connectivity index (χ3n) is 21.3. The van der Waals surface area contributed by atoms with Gasteiger partial charge in [-0.25, -0.2) is 0 Å². The average Bonchev–Trinajstić information content (AvgIpc) is 3.49. The summed E-state index contributed by atoms with van der Waals surface area (Å²) < 4.78 is 0. The molecule has 8 aliphatic rings. The summed E-state index contributed by atoms with van der Waals surface area (Å²) in [7, 11) is 0. The zero-order valence-electron chi connectivity index (χ0n) is 33.8. The molecule has 8 saturated carbocycles. The molecule has 0 aromatic rings. The Balaban J connectivity index is 1.26. The third kappa shape index (κ3) is 5.04. The lowest BCUT2D eigenvalue weighted by atomic mass is 9.45. The molecule has 0 N–H and O–H groups in total. The number of fused-ring (bicyclic) bond motifs is 11. The first-order valence-corrected chi connectivity index (χ1v) is 22.9. The highest BCUT2D eigenvalue weighted by atomic mass is 14.8. The van der Waals surface area contributed by atoms with E-state index in [-0.39, 0.29) is 0 Å². The molecule has 274 valence electrons. The largest absolute Gasteiger partial charge is 0.0649 e. The fourth-order valence-corrected chi connectivity index (χ4v) is 18.0. The van der Waals surface area contributed by atoms with Crippen molar-refractivity contribution < 1.29 is 0 Å². The van der Waals surface area contributed by atoms with Gasteiger partial charge in [0.05, 0.1) is 0 Å². The Morgan fingerprint density at radius 1 is 0.521 bits per heavy atom. The minimum atomic E-state index is 0.518. The minimum absolute atomic E-state index is 0.518. The molecule has 1 spiro atoms. The van der Waals surface area contributed by atoms with Gasteiger partial charge in [0.15, 0.2) is 0 Å². The van der Waals surface area contributed by atoms with Crippen molar-refractivity contribution in [2.24, 2.45) is 110 Å². The van der Waals surface area contributed by atoms with E-state index >= 15 is 0 Å². The molecule has 15 unspecified atom stereocenters. The van der Waals surface area contributed by atoms with Crippen LogP contribution in [0.1, 0.15) is 191 Å². The summed E-state index contributed by atoms with van der Waals surface area (Å²) in [6.45, 7) is 24.3. The van der Waals surface area contributed by atoms with Crippen LogP contribution >= 0.6 is 0 Å². The second kappa shape index (κ2) is 12.6. The lowest BCUT2D eigenvalue weighted by Gasteiger charge is -2.60. The van der Waals surface area contributed by atoms with Crippen molar-refractivity contribution in [2.45, 2.75) is 191 Å². The van der Waals surface area contributed by atoms with Gasteiger partial charge >= 0.3 is 0 Å². The Morgan fingerprint density at radius 2 is 0.958 bits per heavy atom. The Labute approximate surface area is 300 Å². The topological polar surface area (TPSA) is 0 Å². The van der Waals surface area contributed by atoms with Gasteiger partial charge in [-0.15, -0.1) is 0 Å². The molecule has 8 rings (SSSR count). The molecule has 8 fully saturated rings. The molecular weight excluding hydrogens is 577 g/mol. The number of hydrogen-bond donors (Lipinski definition) is 0.